The van der Waals surface area contributed by atoms with Gasteiger partial charge in [-0.3, -0.25) is 14.3 Å². The van der Waals surface area contributed by atoms with Crippen LogP contribution >= 0.6 is 0 Å². The van der Waals surface area contributed by atoms with Crippen molar-refractivity contribution in [1.29, 1.82) is 0 Å². The van der Waals surface area contributed by atoms with Crippen molar-refractivity contribution < 1.29 is 24.2 Å². The maximum absolute atomic E-state index is 12.7. The molecule has 1 fully saturated rings. The first kappa shape index (κ1) is 21.7. The molecule has 0 unspecified atom stereocenters. The Morgan fingerprint density at radius 1 is 1.06 bits per heavy atom. The average Bonchev–Trinajstić information content (AvgIpc) is 3.32. The van der Waals surface area contributed by atoms with Crippen LogP contribution in [-0.2, 0) is 23.1 Å². The molecule has 2 N–H and O–H groups in total. The van der Waals surface area contributed by atoms with E-state index in [9.17, 15) is 14.4 Å². The van der Waals surface area contributed by atoms with Crippen LogP contribution in [0, 0.1) is 5.92 Å². The van der Waals surface area contributed by atoms with Crippen molar-refractivity contribution in [1.82, 2.24) is 20.0 Å². The second-order valence-electron chi connectivity index (χ2n) is 8.55. The van der Waals surface area contributed by atoms with Gasteiger partial charge in [0.05, 0.1) is 29.9 Å². The Morgan fingerprint density at radius 2 is 1.68 bits per heavy atom. The van der Waals surface area contributed by atoms with Crippen LogP contribution in [0.4, 0.5) is 4.79 Å². The van der Waals surface area contributed by atoms with E-state index in [0.717, 1.165) is 22.3 Å². The van der Waals surface area contributed by atoms with Gasteiger partial charge in [0.1, 0.15) is 6.61 Å². The van der Waals surface area contributed by atoms with Crippen LogP contribution < -0.4 is 5.32 Å². The number of hydrogen-bond donors (Lipinski definition) is 2. The molecule has 34 heavy (non-hydrogen) atoms. The summed E-state index contributed by atoms with van der Waals surface area (Å²) in [6.45, 7) is 0.594. The van der Waals surface area contributed by atoms with Crippen molar-refractivity contribution in [2.24, 2.45) is 13.0 Å². The number of alkyl carbamates (subject to hydrolysis) is 1. The van der Waals surface area contributed by atoms with Crippen molar-refractivity contribution in [2.45, 2.75) is 12.5 Å². The molecular formula is C25H24N4O5. The Bertz CT molecular complexity index is 1230. The summed E-state index contributed by atoms with van der Waals surface area (Å²) in [6.07, 6.45) is 0.849. The number of likely N-dealkylation sites (tertiary alicyclic amines) is 1. The number of nitrogens with one attached hydrogen (secondary N) is 1. The van der Waals surface area contributed by atoms with Gasteiger partial charge < -0.3 is 20.1 Å². The van der Waals surface area contributed by atoms with Crippen LogP contribution in [0.2, 0.25) is 0 Å². The van der Waals surface area contributed by atoms with E-state index in [1.807, 2.05) is 24.3 Å². The minimum Gasteiger partial charge on any atom is -0.481 e. The fourth-order valence-corrected chi connectivity index (χ4v) is 4.63. The van der Waals surface area contributed by atoms with E-state index in [2.05, 4.69) is 34.7 Å². The van der Waals surface area contributed by atoms with Crippen molar-refractivity contribution in [2.75, 3.05) is 19.7 Å². The number of carbonyl (C=O) groups excluding carboxylic acids is 2. The summed E-state index contributed by atoms with van der Waals surface area (Å²) in [5, 5.41) is 15.9. The van der Waals surface area contributed by atoms with Gasteiger partial charge in [-0.2, -0.15) is 5.10 Å². The summed E-state index contributed by atoms with van der Waals surface area (Å²) in [5.41, 5.74) is 5.43. The molecule has 2 aromatic carbocycles. The summed E-state index contributed by atoms with van der Waals surface area (Å²) < 4.78 is 7.08. The molecule has 3 aromatic rings. The number of aromatic nitrogens is 2. The van der Waals surface area contributed by atoms with E-state index in [-0.39, 0.29) is 38.1 Å². The highest BCUT2D eigenvalue weighted by Gasteiger charge is 2.37. The zero-order valence-corrected chi connectivity index (χ0v) is 18.6. The lowest BCUT2D eigenvalue weighted by atomic mass is 9.98. The zero-order valence-electron chi connectivity index (χ0n) is 18.6. The minimum absolute atomic E-state index is 0.0411. The van der Waals surface area contributed by atoms with Gasteiger partial charge in [0.25, 0.3) is 5.91 Å². The number of rotatable bonds is 6. The molecule has 174 valence electrons. The van der Waals surface area contributed by atoms with Crippen LogP contribution in [0.3, 0.4) is 0 Å². The fourth-order valence-electron chi connectivity index (χ4n) is 4.63. The smallest absolute Gasteiger partial charge is 0.407 e. The SMILES string of the molecule is Cn1ncc(C(=O)N2CC(C(=O)O)C2)c1CNC(=O)OCC1c2ccccc2-c2ccccc21. The third-order valence-corrected chi connectivity index (χ3v) is 6.55. The predicted molar refractivity (Wildman–Crippen MR) is 122 cm³/mol. The number of aryl methyl sites for hydroxylation is 1. The first-order valence-corrected chi connectivity index (χ1v) is 11.1. The molecular weight excluding hydrogens is 436 g/mol. The molecule has 9 heteroatoms. The molecule has 9 nitrogen and oxygen atoms in total. The normalized spacial score (nSPS) is 14.8. The number of ether oxygens (including phenoxy) is 1. The van der Waals surface area contributed by atoms with Gasteiger partial charge in [-0.25, -0.2) is 4.79 Å². The zero-order chi connectivity index (χ0) is 23.8. The lowest BCUT2D eigenvalue weighted by Crippen LogP contribution is -2.53. The molecule has 1 saturated heterocycles. The number of aliphatic carboxylic acids is 1. The molecule has 2 aliphatic rings. The van der Waals surface area contributed by atoms with Crippen molar-refractivity contribution >= 4 is 18.0 Å². The van der Waals surface area contributed by atoms with Crippen molar-refractivity contribution in [3.05, 3.63) is 77.1 Å². The summed E-state index contributed by atoms with van der Waals surface area (Å²) in [7, 11) is 1.68. The largest absolute Gasteiger partial charge is 0.481 e. The van der Waals surface area contributed by atoms with Crippen molar-refractivity contribution in [3.63, 3.8) is 0 Å². The molecule has 0 saturated carbocycles. The number of carboxylic acid groups (broad SMARTS) is 1. The molecule has 0 bridgehead atoms. The lowest BCUT2D eigenvalue weighted by Gasteiger charge is -2.36. The second-order valence-corrected chi connectivity index (χ2v) is 8.55. The summed E-state index contributed by atoms with van der Waals surface area (Å²) in [6, 6.07) is 16.2. The number of benzene rings is 2. The summed E-state index contributed by atoms with van der Waals surface area (Å²) >= 11 is 0. The maximum atomic E-state index is 12.7. The van der Waals surface area contributed by atoms with Gasteiger partial charge in [0.2, 0.25) is 0 Å². The molecule has 2 amide bonds. The van der Waals surface area contributed by atoms with Gasteiger partial charge in [0.15, 0.2) is 0 Å². The molecule has 1 aliphatic carbocycles. The van der Waals surface area contributed by atoms with Crippen LogP contribution in [0.25, 0.3) is 11.1 Å². The predicted octanol–water partition coefficient (Wildman–Crippen LogP) is 2.62. The molecule has 0 spiro atoms. The third kappa shape index (κ3) is 3.79. The van der Waals surface area contributed by atoms with E-state index in [1.54, 1.807) is 7.05 Å². The minimum atomic E-state index is -0.910. The average molecular weight is 460 g/mol. The number of nitrogens with zero attached hydrogens (tertiary/aromatic N) is 3. The first-order valence-electron chi connectivity index (χ1n) is 11.1. The molecule has 1 aromatic heterocycles. The monoisotopic (exact) mass is 460 g/mol. The quantitative estimate of drug-likeness (QED) is 0.585. The summed E-state index contributed by atoms with van der Waals surface area (Å²) in [4.78, 5) is 37.7. The molecule has 0 radical (unpaired) electrons. The fraction of sp³-hybridized carbons (Fsp3) is 0.280. The molecule has 2 heterocycles. The Labute approximate surface area is 195 Å². The van der Waals surface area contributed by atoms with Gasteiger partial charge in [0, 0.05) is 26.1 Å². The van der Waals surface area contributed by atoms with Gasteiger partial charge in [-0.15, -0.1) is 0 Å². The van der Waals surface area contributed by atoms with Gasteiger partial charge >= 0.3 is 12.1 Å². The van der Waals surface area contributed by atoms with Gasteiger partial charge in [-0.1, -0.05) is 48.5 Å². The topological polar surface area (TPSA) is 114 Å². The molecule has 0 atom stereocenters. The van der Waals surface area contributed by atoms with Crippen molar-refractivity contribution in [3.8, 4) is 11.1 Å². The third-order valence-electron chi connectivity index (χ3n) is 6.55. The van der Waals surface area contributed by atoms with E-state index in [0.29, 0.717) is 11.3 Å². The number of fused-ring (bicyclic) bond motifs is 3. The summed E-state index contributed by atoms with van der Waals surface area (Å²) in [5.74, 6) is -1.79. The Kier molecular flexibility index (Phi) is 5.53. The van der Waals surface area contributed by atoms with E-state index < -0.39 is 18.0 Å². The van der Waals surface area contributed by atoms with Crippen LogP contribution in [-0.4, -0.2) is 57.5 Å². The second kappa shape index (κ2) is 8.66. The van der Waals surface area contributed by atoms with E-state index >= 15 is 0 Å². The Hall–Kier alpha value is -4.14. The number of carboxylic acids is 1. The van der Waals surface area contributed by atoms with E-state index in [4.69, 9.17) is 9.84 Å². The van der Waals surface area contributed by atoms with Gasteiger partial charge in [-0.05, 0) is 22.3 Å². The highest BCUT2D eigenvalue weighted by Crippen LogP contribution is 2.44. The Morgan fingerprint density at radius 3 is 2.29 bits per heavy atom. The highest BCUT2D eigenvalue weighted by molar-refractivity contribution is 5.96. The Balaban J connectivity index is 1.21. The first-order chi connectivity index (χ1) is 16.4. The molecule has 5 rings (SSSR count). The number of amides is 2. The molecule has 1 aliphatic heterocycles. The number of hydrogen-bond acceptors (Lipinski definition) is 5. The van der Waals surface area contributed by atoms with Crippen LogP contribution in [0.15, 0.2) is 54.7 Å². The number of carbonyl (C=O) groups is 3. The standard InChI is InChI=1S/C25H24N4O5/c1-28-22(20(10-27-28)23(30)29-12-15(13-29)24(31)32)11-26-25(33)34-14-21-18-8-4-2-6-16(18)17-7-3-5-9-19(17)21/h2-10,15,21H,11-14H2,1H3,(H,26,33)(H,31,32). The maximum Gasteiger partial charge on any atom is 0.407 e. The van der Waals surface area contributed by atoms with E-state index in [1.165, 1.54) is 15.8 Å². The lowest BCUT2D eigenvalue weighted by molar-refractivity contribution is -0.146. The van der Waals surface area contributed by atoms with Crippen LogP contribution in [0.5, 0.6) is 0 Å². The van der Waals surface area contributed by atoms with Crippen LogP contribution in [0.1, 0.15) is 33.1 Å². The highest BCUT2D eigenvalue weighted by atomic mass is 16.5.